The van der Waals surface area contributed by atoms with E-state index < -0.39 is 6.50 Å². The highest BCUT2D eigenvalue weighted by molar-refractivity contribution is 5.50. The van der Waals surface area contributed by atoms with Gasteiger partial charge < -0.3 is 0 Å². The van der Waals surface area contributed by atoms with Gasteiger partial charge in [0.05, 0.1) is 2.74 Å². The van der Waals surface area contributed by atoms with E-state index in [0.717, 1.165) is 22.9 Å². The average molecular weight is 227 g/mol. The van der Waals surface area contributed by atoms with E-state index >= 15 is 0 Å². The van der Waals surface area contributed by atoms with Gasteiger partial charge in [-0.2, -0.15) is 4.57 Å². The van der Waals surface area contributed by atoms with E-state index in [0.29, 0.717) is 0 Å². The molecule has 0 atom stereocenters. The summed E-state index contributed by atoms with van der Waals surface area (Å²) in [7, 11) is 0. The molecule has 0 saturated heterocycles. The normalized spacial score (nSPS) is 17.8. The van der Waals surface area contributed by atoms with E-state index in [1.54, 1.807) is 10.6 Å². The second-order valence-electron chi connectivity index (χ2n) is 4.44. The number of rotatable bonds is 1. The molecule has 1 aromatic heterocycles. The lowest BCUT2D eigenvalue weighted by Gasteiger charge is -2.04. The summed E-state index contributed by atoms with van der Waals surface area (Å²) in [6.45, 7) is 4.65. The molecule has 0 N–H and O–H groups in total. The Kier molecular flexibility index (Phi) is 1.75. The molecule has 1 aliphatic heterocycles. The Hall–Kier alpha value is -1.83. The van der Waals surface area contributed by atoms with Crippen LogP contribution in [0.25, 0.3) is 11.8 Å². The van der Waals surface area contributed by atoms with Gasteiger partial charge in [-0.3, -0.25) is 0 Å². The van der Waals surface area contributed by atoms with Crippen molar-refractivity contribution in [3.8, 4) is 5.69 Å². The molecule has 2 heteroatoms. The summed E-state index contributed by atoms with van der Waals surface area (Å²) in [4.78, 5) is 0. The number of imidazole rings is 1. The highest BCUT2D eigenvalue weighted by atomic mass is 15.2. The molecule has 2 heterocycles. The van der Waals surface area contributed by atoms with E-state index in [2.05, 4.69) is 23.6 Å². The van der Waals surface area contributed by atoms with Crippen molar-refractivity contribution < 1.29 is 7.31 Å². The molecule has 3 rings (SSSR count). The van der Waals surface area contributed by atoms with Crippen LogP contribution < -0.4 is 4.57 Å². The number of fused-ring (bicyclic) bond motifs is 1. The minimum absolute atomic E-state index is 0.914. The van der Waals surface area contributed by atoms with Crippen LogP contribution in [0.1, 0.15) is 25.5 Å². The van der Waals surface area contributed by atoms with Crippen LogP contribution in [-0.4, -0.2) is 4.57 Å². The minimum Gasteiger partial charge on any atom is -0.224 e. The molecule has 0 saturated carbocycles. The Bertz CT molecular complexity index is 696. The Labute approximate surface area is 105 Å². The SMILES string of the molecule is [2H]C1([2H])C=Cc2c(C)n(-c3ccccc3C)c(C)[n+]21. The highest BCUT2D eigenvalue weighted by Gasteiger charge is 2.27. The van der Waals surface area contributed by atoms with Crippen LogP contribution in [0, 0.1) is 20.8 Å². The fraction of sp³-hybridized carbons (Fsp3) is 0.267. The number of allylic oxidation sites excluding steroid dienone is 1. The lowest BCUT2D eigenvalue weighted by atomic mass is 10.2. The largest absolute Gasteiger partial charge is 0.259 e. The third-order valence-electron chi connectivity index (χ3n) is 3.40. The topological polar surface area (TPSA) is 8.81 Å². The second-order valence-corrected chi connectivity index (χ2v) is 4.44. The Morgan fingerprint density at radius 2 is 2.00 bits per heavy atom. The van der Waals surface area contributed by atoms with Crippen molar-refractivity contribution >= 4 is 6.08 Å². The van der Waals surface area contributed by atoms with Crippen molar-refractivity contribution in [2.45, 2.75) is 27.3 Å². The van der Waals surface area contributed by atoms with Crippen molar-refractivity contribution in [3.05, 3.63) is 53.1 Å². The molecular formula is C15H17N2+. The Morgan fingerprint density at radius 1 is 1.24 bits per heavy atom. The Balaban J connectivity index is 2.32. The number of para-hydroxylation sites is 1. The van der Waals surface area contributed by atoms with Crippen molar-refractivity contribution in [2.75, 3.05) is 0 Å². The van der Waals surface area contributed by atoms with Gasteiger partial charge in [-0.15, -0.1) is 0 Å². The minimum atomic E-state index is -1.43. The average Bonchev–Trinajstić information content (AvgIpc) is 2.79. The van der Waals surface area contributed by atoms with Crippen LogP contribution in [0.15, 0.2) is 30.3 Å². The van der Waals surface area contributed by atoms with E-state index in [9.17, 15) is 0 Å². The van der Waals surface area contributed by atoms with Gasteiger partial charge in [-0.05, 0) is 30.7 Å². The summed E-state index contributed by atoms with van der Waals surface area (Å²) >= 11 is 0. The first kappa shape index (κ1) is 8.29. The molecule has 0 amide bonds. The lowest BCUT2D eigenvalue weighted by Crippen LogP contribution is -2.35. The maximum Gasteiger partial charge on any atom is 0.259 e. The number of benzene rings is 1. The first-order valence-corrected chi connectivity index (χ1v) is 5.83. The van der Waals surface area contributed by atoms with Gasteiger partial charge in [0, 0.05) is 13.8 Å². The number of aryl methyl sites for hydroxylation is 1. The highest BCUT2D eigenvalue weighted by Crippen LogP contribution is 2.22. The quantitative estimate of drug-likeness (QED) is 0.662. The predicted octanol–water partition coefficient (Wildman–Crippen LogP) is 2.72. The molecule has 2 aromatic rings. The summed E-state index contributed by atoms with van der Waals surface area (Å²) in [6.07, 6.45) is 3.49. The molecule has 0 unspecified atom stereocenters. The molecule has 0 spiro atoms. The van der Waals surface area contributed by atoms with Crippen molar-refractivity contribution in [1.82, 2.24) is 4.57 Å². The number of hydrogen-bond acceptors (Lipinski definition) is 0. The van der Waals surface area contributed by atoms with Crippen LogP contribution in [-0.2, 0) is 6.50 Å². The smallest absolute Gasteiger partial charge is 0.224 e. The van der Waals surface area contributed by atoms with Gasteiger partial charge in [-0.1, -0.05) is 18.2 Å². The van der Waals surface area contributed by atoms with Crippen LogP contribution in [0.4, 0.5) is 0 Å². The molecule has 86 valence electrons. The summed E-state index contributed by atoms with van der Waals surface area (Å²) < 4.78 is 20.0. The third kappa shape index (κ3) is 1.37. The third-order valence-corrected chi connectivity index (χ3v) is 3.40. The van der Waals surface area contributed by atoms with E-state index in [4.69, 9.17) is 2.74 Å². The maximum atomic E-state index is 8.06. The fourth-order valence-electron chi connectivity index (χ4n) is 2.51. The number of nitrogens with zero attached hydrogens (tertiary/aromatic N) is 2. The van der Waals surface area contributed by atoms with Gasteiger partial charge in [-0.25, -0.2) is 4.57 Å². The standard InChI is InChI=1S/C15H17N2/c1-11-7-4-5-8-14(11)17-12(2)15-9-6-10-16(15)13(17)3/h4-9H,10H2,1-3H3/q+1/i10D2. The Morgan fingerprint density at radius 3 is 2.71 bits per heavy atom. The van der Waals surface area contributed by atoms with E-state index in [-0.39, 0.29) is 0 Å². The first-order valence-electron chi connectivity index (χ1n) is 6.83. The van der Waals surface area contributed by atoms with Gasteiger partial charge >= 0.3 is 0 Å². The van der Waals surface area contributed by atoms with Crippen LogP contribution in [0.5, 0.6) is 0 Å². The molecule has 1 aromatic carbocycles. The van der Waals surface area contributed by atoms with Gasteiger partial charge in [0.1, 0.15) is 12.2 Å². The van der Waals surface area contributed by atoms with Crippen molar-refractivity contribution in [3.63, 3.8) is 0 Å². The summed E-state index contributed by atoms with van der Waals surface area (Å²) in [5.41, 5.74) is 4.33. The van der Waals surface area contributed by atoms with Crippen LogP contribution in [0.2, 0.25) is 0 Å². The summed E-state index contributed by atoms with van der Waals surface area (Å²) in [6, 6.07) is 8.19. The predicted molar refractivity (Wildman–Crippen MR) is 69.2 cm³/mol. The monoisotopic (exact) mass is 227 g/mol. The van der Waals surface area contributed by atoms with E-state index in [1.807, 2.05) is 32.1 Å². The van der Waals surface area contributed by atoms with Crippen LogP contribution >= 0.6 is 0 Å². The maximum absolute atomic E-state index is 8.06. The summed E-state index contributed by atoms with van der Waals surface area (Å²) in [5, 5.41) is 0. The lowest BCUT2D eigenvalue weighted by molar-refractivity contribution is -0.689. The van der Waals surface area contributed by atoms with Gasteiger partial charge in [0.15, 0.2) is 11.4 Å². The number of hydrogen-bond donors (Lipinski definition) is 0. The zero-order chi connectivity index (χ0) is 13.8. The van der Waals surface area contributed by atoms with Gasteiger partial charge in [0.25, 0.3) is 5.82 Å². The molecule has 2 nitrogen and oxygen atoms in total. The first-order chi connectivity index (χ1) is 8.93. The molecule has 1 aliphatic rings. The fourth-order valence-corrected chi connectivity index (χ4v) is 2.51. The zero-order valence-electron chi connectivity index (χ0n) is 12.4. The van der Waals surface area contributed by atoms with Crippen molar-refractivity contribution in [1.29, 1.82) is 0 Å². The van der Waals surface area contributed by atoms with Crippen molar-refractivity contribution in [2.24, 2.45) is 0 Å². The molecule has 0 fully saturated rings. The van der Waals surface area contributed by atoms with Gasteiger partial charge in [0.2, 0.25) is 0 Å². The summed E-state index contributed by atoms with van der Waals surface area (Å²) in [5.74, 6) is 0.914. The molecule has 17 heavy (non-hydrogen) atoms. The van der Waals surface area contributed by atoms with Crippen LogP contribution in [0.3, 0.4) is 0 Å². The second kappa shape index (κ2) is 3.59. The zero-order valence-corrected chi connectivity index (χ0v) is 10.4. The molecular weight excluding hydrogens is 208 g/mol. The molecule has 0 aliphatic carbocycles. The number of aromatic nitrogens is 2. The molecule has 0 bridgehead atoms. The molecule has 0 radical (unpaired) electrons. The van der Waals surface area contributed by atoms with E-state index in [1.165, 1.54) is 5.56 Å².